The molecule has 3 rings (SSSR count). The first kappa shape index (κ1) is 19.3. The fourth-order valence-corrected chi connectivity index (χ4v) is 3.57. The second kappa shape index (κ2) is 9.44. The van der Waals surface area contributed by atoms with Gasteiger partial charge in [-0.1, -0.05) is 13.3 Å². The Morgan fingerprint density at radius 2 is 2.11 bits per heavy atom. The minimum Gasteiger partial charge on any atom is -0.494 e. The van der Waals surface area contributed by atoms with Gasteiger partial charge in [0, 0.05) is 43.6 Å². The van der Waals surface area contributed by atoms with E-state index in [-0.39, 0.29) is 6.03 Å². The topological polar surface area (TPSA) is 59.4 Å². The molecular formula is C21H30N4O2. The number of rotatable bonds is 7. The Balaban J connectivity index is 1.60. The number of benzene rings is 1. The normalized spacial score (nSPS) is 17.0. The zero-order valence-electron chi connectivity index (χ0n) is 16.4. The van der Waals surface area contributed by atoms with E-state index in [4.69, 9.17) is 4.74 Å². The highest BCUT2D eigenvalue weighted by Crippen LogP contribution is 2.27. The van der Waals surface area contributed by atoms with Gasteiger partial charge >= 0.3 is 6.03 Å². The standard InChI is InChI=1S/C21H30N4O2/c1-3-5-13-24-15-12-22-20(24)17-7-6-14-25(16-17)21(26)23-18-8-10-19(11-9-18)27-4-2/h8-12,15,17H,3-7,13-14,16H2,1-2H3,(H,23,26). The molecule has 2 amide bonds. The van der Waals surface area contributed by atoms with Crippen molar-refractivity contribution in [2.45, 2.75) is 52.0 Å². The Morgan fingerprint density at radius 1 is 1.30 bits per heavy atom. The van der Waals surface area contributed by atoms with Crippen LogP contribution < -0.4 is 10.1 Å². The molecule has 1 aliphatic rings. The summed E-state index contributed by atoms with van der Waals surface area (Å²) in [4.78, 5) is 19.2. The third-order valence-corrected chi connectivity index (χ3v) is 4.99. The predicted molar refractivity (Wildman–Crippen MR) is 107 cm³/mol. The smallest absolute Gasteiger partial charge is 0.321 e. The number of carbonyl (C=O) groups is 1. The van der Waals surface area contributed by atoms with E-state index < -0.39 is 0 Å². The Bertz CT molecular complexity index is 726. The van der Waals surface area contributed by atoms with Crippen LogP contribution in [0.1, 0.15) is 51.3 Å². The van der Waals surface area contributed by atoms with Crippen LogP contribution in [0.25, 0.3) is 0 Å². The van der Waals surface area contributed by atoms with Crippen molar-refractivity contribution in [2.75, 3.05) is 25.0 Å². The monoisotopic (exact) mass is 370 g/mol. The maximum absolute atomic E-state index is 12.7. The van der Waals surface area contributed by atoms with Crippen LogP contribution in [-0.4, -0.2) is 40.2 Å². The highest BCUT2D eigenvalue weighted by molar-refractivity contribution is 5.89. The van der Waals surface area contributed by atoms with Crippen LogP contribution >= 0.6 is 0 Å². The quantitative estimate of drug-likeness (QED) is 0.781. The second-order valence-electron chi connectivity index (χ2n) is 7.01. The molecule has 146 valence electrons. The summed E-state index contributed by atoms with van der Waals surface area (Å²) < 4.78 is 7.70. The van der Waals surface area contributed by atoms with Gasteiger partial charge in [0.05, 0.1) is 6.61 Å². The molecule has 1 aliphatic heterocycles. The largest absolute Gasteiger partial charge is 0.494 e. The molecule has 1 saturated heterocycles. The van der Waals surface area contributed by atoms with Crippen molar-refractivity contribution in [3.63, 3.8) is 0 Å². The summed E-state index contributed by atoms with van der Waals surface area (Å²) in [6.45, 7) is 7.29. The molecule has 27 heavy (non-hydrogen) atoms. The van der Waals surface area contributed by atoms with Crippen molar-refractivity contribution in [3.05, 3.63) is 42.5 Å². The van der Waals surface area contributed by atoms with Crippen LogP contribution in [0.4, 0.5) is 10.5 Å². The SMILES string of the molecule is CCCCn1ccnc1C1CCCN(C(=O)Nc2ccc(OCC)cc2)C1. The number of nitrogens with one attached hydrogen (secondary N) is 1. The third kappa shape index (κ3) is 5.02. The van der Waals surface area contributed by atoms with E-state index in [0.29, 0.717) is 19.1 Å². The lowest BCUT2D eigenvalue weighted by atomic mass is 9.97. The summed E-state index contributed by atoms with van der Waals surface area (Å²) in [7, 11) is 0. The summed E-state index contributed by atoms with van der Waals surface area (Å²) in [6.07, 6.45) is 8.34. The molecular weight excluding hydrogens is 340 g/mol. The van der Waals surface area contributed by atoms with Gasteiger partial charge in [0.2, 0.25) is 0 Å². The Hall–Kier alpha value is -2.50. The lowest BCUT2D eigenvalue weighted by molar-refractivity contribution is 0.190. The number of anilines is 1. The van der Waals surface area contributed by atoms with Crippen LogP contribution in [0.15, 0.2) is 36.7 Å². The van der Waals surface area contributed by atoms with Crippen LogP contribution in [0.5, 0.6) is 5.75 Å². The van der Waals surface area contributed by atoms with Gasteiger partial charge in [-0.2, -0.15) is 0 Å². The minimum atomic E-state index is -0.0458. The van der Waals surface area contributed by atoms with Gasteiger partial charge in [-0.05, 0) is 50.5 Å². The molecule has 1 fully saturated rings. The maximum atomic E-state index is 12.7. The number of hydrogen-bond donors (Lipinski definition) is 1. The van der Waals surface area contributed by atoms with E-state index in [1.165, 1.54) is 6.42 Å². The van der Waals surface area contributed by atoms with E-state index in [2.05, 4.69) is 28.0 Å². The highest BCUT2D eigenvalue weighted by Gasteiger charge is 2.27. The zero-order chi connectivity index (χ0) is 19.1. The van der Waals surface area contributed by atoms with Gasteiger partial charge < -0.3 is 19.5 Å². The molecule has 6 heteroatoms. The number of likely N-dealkylation sites (tertiary alicyclic amines) is 1. The number of amides is 2. The number of ether oxygens (including phenoxy) is 1. The molecule has 0 bridgehead atoms. The predicted octanol–water partition coefficient (Wildman–Crippen LogP) is 4.49. The third-order valence-electron chi connectivity index (χ3n) is 4.99. The molecule has 1 aromatic carbocycles. The van der Waals surface area contributed by atoms with Crippen LogP contribution in [0.2, 0.25) is 0 Å². The lowest BCUT2D eigenvalue weighted by Gasteiger charge is -2.32. The number of imidazole rings is 1. The number of aryl methyl sites for hydroxylation is 1. The molecule has 1 N–H and O–H groups in total. The number of aromatic nitrogens is 2. The molecule has 2 aromatic rings. The fourth-order valence-electron chi connectivity index (χ4n) is 3.57. The summed E-state index contributed by atoms with van der Waals surface area (Å²) in [6, 6.07) is 7.46. The van der Waals surface area contributed by atoms with E-state index in [1.807, 2.05) is 42.3 Å². The van der Waals surface area contributed by atoms with Gasteiger partial charge in [0.1, 0.15) is 11.6 Å². The molecule has 0 spiro atoms. The van der Waals surface area contributed by atoms with E-state index in [9.17, 15) is 4.79 Å². The number of piperidine rings is 1. The molecule has 0 saturated carbocycles. The van der Waals surface area contributed by atoms with E-state index in [0.717, 1.165) is 49.6 Å². The van der Waals surface area contributed by atoms with Crippen LogP contribution in [0.3, 0.4) is 0 Å². The summed E-state index contributed by atoms with van der Waals surface area (Å²) in [5.74, 6) is 2.23. The van der Waals surface area contributed by atoms with Crippen molar-refractivity contribution in [1.82, 2.24) is 14.5 Å². The van der Waals surface area contributed by atoms with Crippen molar-refractivity contribution in [3.8, 4) is 5.75 Å². The summed E-state index contributed by atoms with van der Waals surface area (Å²) >= 11 is 0. The number of nitrogens with zero attached hydrogens (tertiary/aromatic N) is 3. The molecule has 1 unspecified atom stereocenters. The zero-order valence-corrected chi connectivity index (χ0v) is 16.4. The summed E-state index contributed by atoms with van der Waals surface area (Å²) in [5, 5.41) is 3.00. The first-order chi connectivity index (χ1) is 13.2. The molecule has 0 aliphatic carbocycles. The average molecular weight is 370 g/mol. The van der Waals surface area contributed by atoms with E-state index >= 15 is 0 Å². The van der Waals surface area contributed by atoms with Crippen molar-refractivity contribution in [1.29, 1.82) is 0 Å². The molecule has 2 heterocycles. The Morgan fingerprint density at radius 3 is 2.85 bits per heavy atom. The van der Waals surface area contributed by atoms with Gasteiger partial charge in [-0.3, -0.25) is 0 Å². The van der Waals surface area contributed by atoms with Gasteiger partial charge in [-0.25, -0.2) is 9.78 Å². The number of carbonyl (C=O) groups excluding carboxylic acids is 1. The molecule has 1 aromatic heterocycles. The maximum Gasteiger partial charge on any atom is 0.321 e. The number of urea groups is 1. The van der Waals surface area contributed by atoms with Gasteiger partial charge in [-0.15, -0.1) is 0 Å². The highest BCUT2D eigenvalue weighted by atomic mass is 16.5. The lowest BCUT2D eigenvalue weighted by Crippen LogP contribution is -2.42. The first-order valence-corrected chi connectivity index (χ1v) is 10.0. The number of unbranched alkanes of at least 4 members (excludes halogenated alkanes) is 1. The summed E-state index contributed by atoms with van der Waals surface area (Å²) in [5.41, 5.74) is 0.787. The first-order valence-electron chi connectivity index (χ1n) is 10.0. The minimum absolute atomic E-state index is 0.0458. The molecule has 6 nitrogen and oxygen atoms in total. The average Bonchev–Trinajstić information content (AvgIpc) is 3.17. The van der Waals surface area contributed by atoms with Crippen molar-refractivity contribution >= 4 is 11.7 Å². The number of hydrogen-bond acceptors (Lipinski definition) is 3. The van der Waals surface area contributed by atoms with Crippen molar-refractivity contribution < 1.29 is 9.53 Å². The Labute approximate surface area is 161 Å². The van der Waals surface area contributed by atoms with Crippen LogP contribution in [-0.2, 0) is 6.54 Å². The van der Waals surface area contributed by atoms with Gasteiger partial charge in [0.15, 0.2) is 0 Å². The molecule has 0 radical (unpaired) electrons. The van der Waals surface area contributed by atoms with Crippen molar-refractivity contribution in [2.24, 2.45) is 0 Å². The second-order valence-corrected chi connectivity index (χ2v) is 7.01. The fraction of sp³-hybridized carbons (Fsp3) is 0.524. The van der Waals surface area contributed by atoms with Crippen LogP contribution in [0, 0.1) is 0 Å². The van der Waals surface area contributed by atoms with E-state index in [1.54, 1.807) is 0 Å². The molecule has 1 atom stereocenters. The van der Waals surface area contributed by atoms with Gasteiger partial charge in [0.25, 0.3) is 0 Å². The Kier molecular flexibility index (Phi) is 6.74.